The van der Waals surface area contributed by atoms with Crippen LogP contribution in [-0.4, -0.2) is 47.9 Å². The zero-order chi connectivity index (χ0) is 15.6. The number of benzene rings is 1. The topological polar surface area (TPSA) is 49.6 Å². The van der Waals surface area contributed by atoms with Crippen molar-refractivity contribution in [2.24, 2.45) is 11.1 Å². The van der Waals surface area contributed by atoms with Crippen molar-refractivity contribution >= 4 is 5.91 Å². The van der Waals surface area contributed by atoms with Crippen LogP contribution in [0.3, 0.4) is 0 Å². The lowest BCUT2D eigenvalue weighted by atomic mass is 9.90. The van der Waals surface area contributed by atoms with Crippen molar-refractivity contribution in [3.05, 3.63) is 35.9 Å². The van der Waals surface area contributed by atoms with Crippen LogP contribution in [0.4, 0.5) is 0 Å². The first-order chi connectivity index (χ1) is 10.6. The van der Waals surface area contributed by atoms with Crippen molar-refractivity contribution in [2.75, 3.05) is 26.2 Å². The normalized spacial score (nSPS) is 25.4. The zero-order valence-electron chi connectivity index (χ0n) is 13.5. The maximum absolute atomic E-state index is 12.7. The van der Waals surface area contributed by atoms with Crippen LogP contribution in [-0.2, 0) is 11.3 Å². The van der Waals surface area contributed by atoms with E-state index in [1.807, 2.05) is 18.2 Å². The van der Waals surface area contributed by atoms with Gasteiger partial charge in [0.2, 0.25) is 5.91 Å². The van der Waals surface area contributed by atoms with Gasteiger partial charge in [-0.15, -0.1) is 0 Å². The highest BCUT2D eigenvalue weighted by Gasteiger charge is 2.36. The third-order valence-corrected chi connectivity index (χ3v) is 4.99. The van der Waals surface area contributed by atoms with Crippen molar-refractivity contribution in [1.82, 2.24) is 9.80 Å². The van der Waals surface area contributed by atoms with Gasteiger partial charge in [0.15, 0.2) is 0 Å². The first kappa shape index (κ1) is 15.5. The number of hydrogen-bond donors (Lipinski definition) is 1. The molecule has 2 fully saturated rings. The van der Waals surface area contributed by atoms with Crippen molar-refractivity contribution in [1.29, 1.82) is 0 Å². The van der Waals surface area contributed by atoms with Crippen LogP contribution in [0.5, 0.6) is 0 Å². The fourth-order valence-corrected chi connectivity index (χ4v) is 3.30. The van der Waals surface area contributed by atoms with Gasteiger partial charge in [-0.05, 0) is 43.3 Å². The molecule has 1 heterocycles. The molecule has 1 aromatic carbocycles. The molecule has 4 nitrogen and oxygen atoms in total. The monoisotopic (exact) mass is 301 g/mol. The number of hydrogen-bond acceptors (Lipinski definition) is 3. The summed E-state index contributed by atoms with van der Waals surface area (Å²) in [4.78, 5) is 17.1. The van der Waals surface area contributed by atoms with E-state index in [-0.39, 0.29) is 11.3 Å². The van der Waals surface area contributed by atoms with E-state index in [0.29, 0.717) is 19.1 Å². The molecule has 1 amide bonds. The molecule has 0 aromatic heterocycles. The van der Waals surface area contributed by atoms with Gasteiger partial charge in [-0.25, -0.2) is 0 Å². The average molecular weight is 301 g/mol. The van der Waals surface area contributed by atoms with Gasteiger partial charge < -0.3 is 10.6 Å². The molecule has 1 unspecified atom stereocenters. The van der Waals surface area contributed by atoms with Gasteiger partial charge in [0.05, 0.1) is 6.54 Å². The average Bonchev–Trinajstić information content (AvgIpc) is 3.30. The van der Waals surface area contributed by atoms with E-state index in [1.54, 1.807) is 0 Å². The van der Waals surface area contributed by atoms with Crippen molar-refractivity contribution in [3.8, 4) is 0 Å². The summed E-state index contributed by atoms with van der Waals surface area (Å²) in [6.07, 6.45) is 3.40. The second-order valence-electron chi connectivity index (χ2n) is 7.21. The summed E-state index contributed by atoms with van der Waals surface area (Å²) in [5, 5.41) is 0. The summed E-state index contributed by atoms with van der Waals surface area (Å²) in [7, 11) is 0. The third-order valence-electron chi connectivity index (χ3n) is 4.99. The van der Waals surface area contributed by atoms with Crippen LogP contribution in [0, 0.1) is 5.41 Å². The zero-order valence-corrected chi connectivity index (χ0v) is 13.5. The van der Waals surface area contributed by atoms with E-state index < -0.39 is 0 Å². The molecule has 4 heteroatoms. The van der Waals surface area contributed by atoms with Gasteiger partial charge in [-0.1, -0.05) is 37.3 Å². The Balaban J connectivity index is 1.59. The Morgan fingerprint density at radius 1 is 1.36 bits per heavy atom. The summed E-state index contributed by atoms with van der Waals surface area (Å²) < 4.78 is 0. The minimum Gasteiger partial charge on any atom is -0.334 e. The van der Waals surface area contributed by atoms with Gasteiger partial charge in [0.25, 0.3) is 0 Å². The smallest absolute Gasteiger partial charge is 0.237 e. The fourth-order valence-electron chi connectivity index (χ4n) is 3.30. The maximum Gasteiger partial charge on any atom is 0.237 e. The number of rotatable bonds is 6. The molecule has 1 saturated heterocycles. The van der Waals surface area contributed by atoms with Crippen LogP contribution < -0.4 is 5.73 Å². The Labute approximate surface area is 133 Å². The molecular weight excluding hydrogens is 274 g/mol. The molecule has 0 spiro atoms. The number of carbonyl (C=O) groups is 1. The molecule has 2 N–H and O–H groups in total. The Morgan fingerprint density at radius 2 is 2.09 bits per heavy atom. The molecule has 120 valence electrons. The number of nitrogens with two attached hydrogens (primary N) is 1. The Kier molecular flexibility index (Phi) is 4.50. The first-order valence-electron chi connectivity index (χ1n) is 8.35. The van der Waals surface area contributed by atoms with E-state index in [1.165, 1.54) is 5.56 Å². The standard InChI is InChI=1S/C18H27N3O/c1-18(13-19)9-10-20(14-18)12-17(22)21(16-7-8-16)11-15-5-3-2-4-6-15/h2-6,16H,7-14,19H2,1H3. The lowest BCUT2D eigenvalue weighted by Crippen LogP contribution is -2.41. The first-order valence-corrected chi connectivity index (χ1v) is 8.35. The fraction of sp³-hybridized carbons (Fsp3) is 0.611. The van der Waals surface area contributed by atoms with Gasteiger partial charge >= 0.3 is 0 Å². The number of carbonyl (C=O) groups excluding carboxylic acids is 1. The Hall–Kier alpha value is -1.39. The van der Waals surface area contributed by atoms with Crippen LogP contribution in [0.2, 0.25) is 0 Å². The highest BCUT2D eigenvalue weighted by atomic mass is 16.2. The van der Waals surface area contributed by atoms with Gasteiger partial charge in [-0.3, -0.25) is 9.69 Å². The lowest BCUT2D eigenvalue weighted by molar-refractivity contribution is -0.133. The molecule has 0 bridgehead atoms. The summed E-state index contributed by atoms with van der Waals surface area (Å²) >= 11 is 0. The maximum atomic E-state index is 12.7. The van der Waals surface area contributed by atoms with Crippen LogP contribution in [0.15, 0.2) is 30.3 Å². The van der Waals surface area contributed by atoms with E-state index in [2.05, 4.69) is 28.9 Å². The summed E-state index contributed by atoms with van der Waals surface area (Å²) in [5.41, 5.74) is 7.26. The van der Waals surface area contributed by atoms with E-state index >= 15 is 0 Å². The number of nitrogens with zero attached hydrogens (tertiary/aromatic N) is 2. The molecule has 1 aromatic rings. The molecule has 0 radical (unpaired) electrons. The quantitative estimate of drug-likeness (QED) is 0.872. The number of likely N-dealkylation sites (tertiary alicyclic amines) is 1. The van der Waals surface area contributed by atoms with Crippen molar-refractivity contribution in [3.63, 3.8) is 0 Å². The second kappa shape index (κ2) is 6.39. The van der Waals surface area contributed by atoms with Crippen LogP contribution in [0.1, 0.15) is 31.7 Å². The molecule has 1 atom stereocenters. The second-order valence-corrected chi connectivity index (χ2v) is 7.21. The largest absolute Gasteiger partial charge is 0.334 e. The minimum atomic E-state index is 0.185. The summed E-state index contributed by atoms with van der Waals surface area (Å²) in [6, 6.07) is 10.8. The predicted molar refractivity (Wildman–Crippen MR) is 88.2 cm³/mol. The minimum absolute atomic E-state index is 0.185. The molecular formula is C18H27N3O. The number of amides is 1. The molecule has 1 aliphatic carbocycles. The van der Waals surface area contributed by atoms with Crippen molar-refractivity contribution < 1.29 is 4.79 Å². The SMILES string of the molecule is CC1(CN)CCN(CC(=O)N(Cc2ccccc2)C2CC2)C1. The Morgan fingerprint density at radius 3 is 2.68 bits per heavy atom. The van der Waals surface area contributed by atoms with Crippen LogP contribution in [0.25, 0.3) is 0 Å². The molecule has 22 heavy (non-hydrogen) atoms. The van der Waals surface area contributed by atoms with Crippen molar-refractivity contribution in [2.45, 2.75) is 38.8 Å². The third kappa shape index (κ3) is 3.68. The van der Waals surface area contributed by atoms with Gasteiger partial charge in [0, 0.05) is 19.1 Å². The molecule has 1 saturated carbocycles. The van der Waals surface area contributed by atoms with Crippen LogP contribution >= 0.6 is 0 Å². The van der Waals surface area contributed by atoms with E-state index in [9.17, 15) is 4.79 Å². The Bertz CT molecular complexity index is 514. The summed E-state index contributed by atoms with van der Waals surface area (Å²) in [5.74, 6) is 0.271. The highest BCUT2D eigenvalue weighted by Crippen LogP contribution is 2.31. The summed E-state index contributed by atoms with van der Waals surface area (Å²) in [6.45, 7) is 6.14. The highest BCUT2D eigenvalue weighted by molar-refractivity contribution is 5.79. The molecule has 1 aliphatic heterocycles. The van der Waals surface area contributed by atoms with Gasteiger partial charge in [0.1, 0.15) is 0 Å². The predicted octanol–water partition coefficient (Wildman–Crippen LogP) is 1.85. The molecule has 3 rings (SSSR count). The van der Waals surface area contributed by atoms with E-state index in [0.717, 1.165) is 38.9 Å². The van der Waals surface area contributed by atoms with Gasteiger partial charge in [-0.2, -0.15) is 0 Å². The lowest BCUT2D eigenvalue weighted by Gasteiger charge is -2.27. The molecule has 2 aliphatic rings. The van der Waals surface area contributed by atoms with E-state index in [4.69, 9.17) is 5.73 Å².